The maximum absolute atomic E-state index is 12.9. The second kappa shape index (κ2) is 9.99. The smallest absolute Gasteiger partial charge is 0.191 e. The van der Waals surface area contributed by atoms with Crippen molar-refractivity contribution in [2.45, 2.75) is 32.9 Å². The van der Waals surface area contributed by atoms with E-state index in [1.807, 2.05) is 6.92 Å². The van der Waals surface area contributed by atoms with Crippen LogP contribution in [0.1, 0.15) is 26.3 Å². The molecule has 0 fully saturated rings. The van der Waals surface area contributed by atoms with E-state index in [1.54, 1.807) is 12.1 Å². The summed E-state index contributed by atoms with van der Waals surface area (Å²) in [7, 11) is 4.12. The zero-order valence-electron chi connectivity index (χ0n) is 14.1. The van der Waals surface area contributed by atoms with Crippen molar-refractivity contribution in [2.24, 2.45) is 4.99 Å². The van der Waals surface area contributed by atoms with Gasteiger partial charge in [-0.1, -0.05) is 12.1 Å². The lowest BCUT2D eigenvalue weighted by molar-refractivity contribution is 0.197. The lowest BCUT2D eigenvalue weighted by Gasteiger charge is -2.33. The average molecular weight is 422 g/mol. The highest BCUT2D eigenvalue weighted by molar-refractivity contribution is 14.0. The third-order valence-corrected chi connectivity index (χ3v) is 3.58. The summed E-state index contributed by atoms with van der Waals surface area (Å²) in [6, 6.07) is 6.43. The molecule has 6 heteroatoms. The zero-order chi connectivity index (χ0) is 15.9. The van der Waals surface area contributed by atoms with Gasteiger partial charge in [0.15, 0.2) is 5.96 Å². The van der Waals surface area contributed by atoms with Crippen molar-refractivity contribution in [3.8, 4) is 0 Å². The maximum Gasteiger partial charge on any atom is 0.191 e. The summed E-state index contributed by atoms with van der Waals surface area (Å²) in [5.74, 6) is 0.553. The maximum atomic E-state index is 12.9. The fourth-order valence-electron chi connectivity index (χ4n) is 1.56. The third-order valence-electron chi connectivity index (χ3n) is 3.58. The van der Waals surface area contributed by atoms with Gasteiger partial charge in [0, 0.05) is 18.6 Å². The number of hydrogen-bond donors (Lipinski definition) is 2. The molecule has 126 valence electrons. The minimum atomic E-state index is -0.222. The van der Waals surface area contributed by atoms with Gasteiger partial charge in [0.25, 0.3) is 0 Å². The van der Waals surface area contributed by atoms with Crippen molar-refractivity contribution in [3.05, 3.63) is 35.6 Å². The molecule has 0 aromatic heterocycles. The lowest BCUT2D eigenvalue weighted by Crippen LogP contribution is -2.50. The van der Waals surface area contributed by atoms with Gasteiger partial charge in [-0.15, -0.1) is 24.0 Å². The van der Waals surface area contributed by atoms with Crippen molar-refractivity contribution in [3.63, 3.8) is 0 Å². The monoisotopic (exact) mass is 422 g/mol. The van der Waals surface area contributed by atoms with Gasteiger partial charge in [-0.05, 0) is 52.6 Å². The Balaban J connectivity index is 0.00000441. The molecule has 22 heavy (non-hydrogen) atoms. The highest BCUT2D eigenvalue weighted by Crippen LogP contribution is 2.08. The van der Waals surface area contributed by atoms with Crippen LogP contribution in [0, 0.1) is 5.82 Å². The molecule has 0 heterocycles. The van der Waals surface area contributed by atoms with E-state index in [1.165, 1.54) is 12.1 Å². The normalized spacial score (nSPS) is 12.0. The number of rotatable bonds is 6. The Morgan fingerprint density at radius 1 is 1.18 bits per heavy atom. The van der Waals surface area contributed by atoms with E-state index in [4.69, 9.17) is 0 Å². The predicted octanol–water partition coefficient (Wildman–Crippen LogP) is 2.84. The number of benzene rings is 1. The van der Waals surface area contributed by atoms with Crippen LogP contribution in [0.5, 0.6) is 0 Å². The molecule has 1 rings (SSSR count). The largest absolute Gasteiger partial charge is 0.357 e. The van der Waals surface area contributed by atoms with Gasteiger partial charge in [-0.25, -0.2) is 9.38 Å². The number of nitrogens with zero attached hydrogens (tertiary/aromatic N) is 2. The van der Waals surface area contributed by atoms with Crippen LogP contribution in [0.25, 0.3) is 0 Å². The topological polar surface area (TPSA) is 39.7 Å². The highest BCUT2D eigenvalue weighted by Gasteiger charge is 2.20. The molecule has 0 radical (unpaired) electrons. The molecule has 0 saturated carbocycles. The van der Waals surface area contributed by atoms with Crippen LogP contribution in [0.4, 0.5) is 4.39 Å². The molecule has 0 bridgehead atoms. The first-order chi connectivity index (χ1) is 9.85. The Morgan fingerprint density at radius 2 is 1.77 bits per heavy atom. The highest BCUT2D eigenvalue weighted by atomic mass is 127. The lowest BCUT2D eigenvalue weighted by atomic mass is 10.0. The number of guanidine groups is 1. The molecule has 2 N–H and O–H groups in total. The number of halogens is 2. The van der Waals surface area contributed by atoms with Gasteiger partial charge in [0.05, 0.1) is 6.54 Å². The van der Waals surface area contributed by atoms with Gasteiger partial charge in [0.1, 0.15) is 5.82 Å². The van der Waals surface area contributed by atoms with Crippen molar-refractivity contribution in [1.82, 2.24) is 15.5 Å². The fraction of sp³-hybridized carbons (Fsp3) is 0.562. The number of hydrogen-bond acceptors (Lipinski definition) is 2. The van der Waals surface area contributed by atoms with Crippen LogP contribution in [-0.2, 0) is 6.54 Å². The molecule has 0 aliphatic heterocycles. The summed E-state index contributed by atoms with van der Waals surface area (Å²) in [5, 5.41) is 6.57. The average Bonchev–Trinajstić information content (AvgIpc) is 2.43. The van der Waals surface area contributed by atoms with Crippen molar-refractivity contribution < 1.29 is 4.39 Å². The van der Waals surface area contributed by atoms with Crippen LogP contribution in [0.15, 0.2) is 29.3 Å². The quantitative estimate of drug-likeness (QED) is 0.421. The van der Waals surface area contributed by atoms with E-state index in [9.17, 15) is 4.39 Å². The van der Waals surface area contributed by atoms with E-state index in [0.29, 0.717) is 6.54 Å². The Hall–Kier alpha value is -0.890. The van der Waals surface area contributed by atoms with Crippen LogP contribution in [-0.4, -0.2) is 43.6 Å². The van der Waals surface area contributed by atoms with Gasteiger partial charge < -0.3 is 15.5 Å². The van der Waals surface area contributed by atoms with Crippen molar-refractivity contribution in [2.75, 3.05) is 27.2 Å². The van der Waals surface area contributed by atoms with E-state index in [0.717, 1.165) is 24.6 Å². The molecule has 1 aromatic rings. The van der Waals surface area contributed by atoms with Gasteiger partial charge in [-0.3, -0.25) is 0 Å². The van der Waals surface area contributed by atoms with Crippen molar-refractivity contribution >= 4 is 29.9 Å². The number of aliphatic imine (C=N–C) groups is 1. The Labute approximate surface area is 150 Å². The number of nitrogens with one attached hydrogen (secondary N) is 2. The molecule has 0 atom stereocenters. The Bertz CT molecular complexity index is 458. The first kappa shape index (κ1) is 21.1. The predicted molar refractivity (Wildman–Crippen MR) is 102 cm³/mol. The van der Waals surface area contributed by atoms with Gasteiger partial charge in [0.2, 0.25) is 0 Å². The third kappa shape index (κ3) is 7.40. The molecule has 0 aliphatic carbocycles. The molecule has 1 aromatic carbocycles. The van der Waals surface area contributed by atoms with Gasteiger partial charge >= 0.3 is 0 Å². The summed E-state index contributed by atoms with van der Waals surface area (Å²) in [5.41, 5.74) is 1.02. The first-order valence-corrected chi connectivity index (χ1v) is 7.29. The van der Waals surface area contributed by atoms with Gasteiger partial charge in [-0.2, -0.15) is 0 Å². The fourth-order valence-corrected chi connectivity index (χ4v) is 1.56. The molecule has 0 amide bonds. The molecule has 0 unspecified atom stereocenters. The summed E-state index contributed by atoms with van der Waals surface area (Å²) < 4.78 is 12.9. The SMILES string of the molecule is CCNC(=NCc1ccc(F)cc1)NCC(C)(C)N(C)C.I. The molecular formula is C16H28FIN4. The van der Waals surface area contributed by atoms with E-state index >= 15 is 0 Å². The zero-order valence-corrected chi connectivity index (χ0v) is 16.4. The number of likely N-dealkylation sites (N-methyl/N-ethyl adjacent to an activating group) is 1. The van der Waals surface area contributed by atoms with Crippen LogP contribution < -0.4 is 10.6 Å². The minimum absolute atomic E-state index is 0. The van der Waals surface area contributed by atoms with E-state index in [-0.39, 0.29) is 35.3 Å². The summed E-state index contributed by atoms with van der Waals surface area (Å²) in [6.45, 7) is 8.49. The Morgan fingerprint density at radius 3 is 2.27 bits per heavy atom. The minimum Gasteiger partial charge on any atom is -0.357 e. The van der Waals surface area contributed by atoms with Crippen LogP contribution in [0.3, 0.4) is 0 Å². The van der Waals surface area contributed by atoms with E-state index in [2.05, 4.69) is 48.5 Å². The summed E-state index contributed by atoms with van der Waals surface area (Å²) in [6.07, 6.45) is 0. The van der Waals surface area contributed by atoms with E-state index < -0.39 is 0 Å². The van der Waals surface area contributed by atoms with Crippen LogP contribution >= 0.6 is 24.0 Å². The Kier molecular flexibility index (Phi) is 9.59. The first-order valence-electron chi connectivity index (χ1n) is 7.29. The van der Waals surface area contributed by atoms with Crippen molar-refractivity contribution in [1.29, 1.82) is 0 Å². The molecule has 0 spiro atoms. The second-order valence-corrected chi connectivity index (χ2v) is 5.88. The molecule has 0 saturated heterocycles. The standard InChI is InChI=1S/C16H27FN4.HI/c1-6-18-15(20-12-16(2,3)21(4)5)19-11-13-7-9-14(17)10-8-13;/h7-10H,6,11-12H2,1-5H3,(H2,18,19,20);1H. The molecular weight excluding hydrogens is 394 g/mol. The molecule has 0 aliphatic rings. The van der Waals surface area contributed by atoms with Crippen LogP contribution in [0.2, 0.25) is 0 Å². The second-order valence-electron chi connectivity index (χ2n) is 5.88. The summed E-state index contributed by atoms with van der Waals surface area (Å²) >= 11 is 0. The molecule has 4 nitrogen and oxygen atoms in total. The summed E-state index contributed by atoms with van der Waals surface area (Å²) in [4.78, 5) is 6.70.